The van der Waals surface area contributed by atoms with Crippen LogP contribution in [0.2, 0.25) is 0 Å². The van der Waals surface area contributed by atoms with E-state index >= 15 is 0 Å². The van der Waals surface area contributed by atoms with Crippen LogP contribution in [-0.2, 0) is 0 Å². The third kappa shape index (κ3) is 1.21. The van der Waals surface area contributed by atoms with Crippen LogP contribution in [0.1, 0.15) is 10.4 Å². The lowest BCUT2D eigenvalue weighted by molar-refractivity contribution is 0.0971. The summed E-state index contributed by atoms with van der Waals surface area (Å²) in [6.45, 7) is 0. The van der Waals surface area contributed by atoms with Crippen LogP contribution in [-0.4, -0.2) is 11.5 Å². The number of Topliss-reactive ketones (excluding diaryl/α,β-unsaturated/α-hetero) is 1. The SMILES string of the molecule is NC1=CC2C(=O)c3ccccc3N=C2C=C1. The van der Waals surface area contributed by atoms with Gasteiger partial charge < -0.3 is 5.73 Å². The maximum Gasteiger partial charge on any atom is 0.177 e. The van der Waals surface area contributed by atoms with Crippen LogP contribution >= 0.6 is 0 Å². The van der Waals surface area contributed by atoms with Gasteiger partial charge in [-0.3, -0.25) is 9.79 Å². The Kier molecular flexibility index (Phi) is 1.80. The Morgan fingerprint density at radius 2 is 2.00 bits per heavy atom. The van der Waals surface area contributed by atoms with Crippen molar-refractivity contribution in [2.24, 2.45) is 16.6 Å². The standard InChI is InChI=1S/C13H10N2O/c14-8-5-6-12-10(7-8)13(16)9-3-1-2-4-11(9)15-12/h1-7,10H,14H2. The van der Waals surface area contributed by atoms with E-state index in [1.54, 1.807) is 18.2 Å². The zero-order valence-electron chi connectivity index (χ0n) is 8.55. The maximum atomic E-state index is 12.2. The first-order valence-corrected chi connectivity index (χ1v) is 5.13. The van der Waals surface area contributed by atoms with Gasteiger partial charge in [-0.1, -0.05) is 12.1 Å². The van der Waals surface area contributed by atoms with Gasteiger partial charge in [-0.2, -0.15) is 0 Å². The molecule has 2 aliphatic rings. The molecule has 0 radical (unpaired) electrons. The molecule has 0 saturated heterocycles. The first-order chi connectivity index (χ1) is 7.75. The first kappa shape index (κ1) is 9.09. The van der Waals surface area contributed by atoms with Gasteiger partial charge in [-0.05, 0) is 30.4 Å². The highest BCUT2D eigenvalue weighted by Crippen LogP contribution is 2.31. The highest BCUT2D eigenvalue weighted by Gasteiger charge is 2.29. The molecule has 3 rings (SSSR count). The molecule has 16 heavy (non-hydrogen) atoms. The van der Waals surface area contributed by atoms with Gasteiger partial charge in [0.05, 0.1) is 17.3 Å². The van der Waals surface area contributed by atoms with E-state index in [-0.39, 0.29) is 11.7 Å². The lowest BCUT2D eigenvalue weighted by Crippen LogP contribution is -2.27. The molecule has 1 unspecified atom stereocenters. The van der Waals surface area contributed by atoms with Crippen LogP contribution in [0.3, 0.4) is 0 Å². The first-order valence-electron chi connectivity index (χ1n) is 5.13. The molecule has 1 heterocycles. The van der Waals surface area contributed by atoms with Crippen molar-refractivity contribution in [3.63, 3.8) is 0 Å². The molecule has 1 atom stereocenters. The molecule has 1 aromatic rings. The maximum absolute atomic E-state index is 12.2. The molecule has 3 heteroatoms. The summed E-state index contributed by atoms with van der Waals surface area (Å²) in [5.74, 6) is -0.229. The number of nitrogens with two attached hydrogens (primary N) is 1. The third-order valence-corrected chi connectivity index (χ3v) is 2.83. The van der Waals surface area contributed by atoms with Crippen LogP contribution in [0.25, 0.3) is 0 Å². The van der Waals surface area contributed by atoms with Crippen molar-refractivity contribution in [3.05, 3.63) is 53.8 Å². The number of allylic oxidation sites excluding steroid dienone is 3. The summed E-state index contributed by atoms with van der Waals surface area (Å²) >= 11 is 0. The number of benzene rings is 1. The van der Waals surface area contributed by atoms with Crippen molar-refractivity contribution in [3.8, 4) is 0 Å². The van der Waals surface area contributed by atoms with E-state index in [2.05, 4.69) is 4.99 Å². The molecule has 78 valence electrons. The molecule has 1 aliphatic heterocycles. The fraction of sp³-hybridized carbons (Fsp3) is 0.0769. The zero-order chi connectivity index (χ0) is 11.1. The van der Waals surface area contributed by atoms with E-state index in [0.717, 1.165) is 11.4 Å². The Bertz CT molecular complexity index is 567. The molecular weight excluding hydrogens is 200 g/mol. The second-order valence-corrected chi connectivity index (χ2v) is 3.90. The number of rotatable bonds is 0. The molecule has 0 saturated carbocycles. The van der Waals surface area contributed by atoms with E-state index in [1.807, 2.05) is 24.3 Å². The number of fused-ring (bicyclic) bond motifs is 2. The summed E-state index contributed by atoms with van der Waals surface area (Å²) in [6, 6.07) is 7.39. The Labute approximate surface area is 93.0 Å². The Morgan fingerprint density at radius 1 is 1.19 bits per heavy atom. The van der Waals surface area contributed by atoms with Crippen molar-refractivity contribution >= 4 is 17.2 Å². The molecule has 1 aliphatic carbocycles. The van der Waals surface area contributed by atoms with Gasteiger partial charge in [0.15, 0.2) is 5.78 Å². The number of hydrogen-bond donors (Lipinski definition) is 1. The van der Waals surface area contributed by atoms with Crippen molar-refractivity contribution in [2.75, 3.05) is 0 Å². The fourth-order valence-corrected chi connectivity index (χ4v) is 2.02. The molecule has 0 spiro atoms. The van der Waals surface area contributed by atoms with Gasteiger partial charge in [0.2, 0.25) is 0 Å². The number of carbonyl (C=O) groups excluding carboxylic acids is 1. The lowest BCUT2D eigenvalue weighted by atomic mass is 9.86. The van der Waals surface area contributed by atoms with Gasteiger partial charge >= 0.3 is 0 Å². The van der Waals surface area contributed by atoms with Crippen LogP contribution in [0.15, 0.2) is 53.2 Å². The topological polar surface area (TPSA) is 55.5 Å². The van der Waals surface area contributed by atoms with E-state index in [0.29, 0.717) is 11.3 Å². The summed E-state index contributed by atoms with van der Waals surface area (Å²) in [6.07, 6.45) is 5.35. The average molecular weight is 210 g/mol. The van der Waals surface area contributed by atoms with Crippen LogP contribution in [0.4, 0.5) is 5.69 Å². The predicted octanol–water partition coefficient (Wildman–Crippen LogP) is 1.98. The summed E-state index contributed by atoms with van der Waals surface area (Å²) in [5.41, 5.74) is 8.51. The van der Waals surface area contributed by atoms with E-state index in [4.69, 9.17) is 5.73 Å². The van der Waals surface area contributed by atoms with Gasteiger partial charge in [0, 0.05) is 11.3 Å². The smallest absolute Gasteiger partial charge is 0.177 e. The van der Waals surface area contributed by atoms with Gasteiger partial charge in [0.1, 0.15) is 0 Å². The Morgan fingerprint density at radius 3 is 2.88 bits per heavy atom. The van der Waals surface area contributed by atoms with E-state index < -0.39 is 0 Å². The molecule has 3 nitrogen and oxygen atoms in total. The minimum atomic E-state index is -0.306. The number of carbonyl (C=O) groups is 1. The normalized spacial score (nSPS) is 22.0. The molecule has 0 bridgehead atoms. The lowest BCUT2D eigenvalue weighted by Gasteiger charge is -2.21. The Balaban J connectivity index is 2.20. The minimum absolute atomic E-state index is 0.0768. The molecule has 2 N–H and O–H groups in total. The number of nitrogens with zero attached hydrogens (tertiary/aromatic N) is 1. The minimum Gasteiger partial charge on any atom is -0.399 e. The second-order valence-electron chi connectivity index (χ2n) is 3.90. The van der Waals surface area contributed by atoms with Crippen molar-refractivity contribution < 1.29 is 4.79 Å². The highest BCUT2D eigenvalue weighted by molar-refractivity contribution is 6.23. The molecular formula is C13H10N2O. The Hall–Kier alpha value is -2.16. The van der Waals surface area contributed by atoms with Crippen molar-refractivity contribution in [1.29, 1.82) is 0 Å². The van der Waals surface area contributed by atoms with Crippen molar-refractivity contribution in [1.82, 2.24) is 0 Å². The second kappa shape index (κ2) is 3.17. The summed E-state index contributed by atoms with van der Waals surface area (Å²) in [5, 5.41) is 0. The summed E-state index contributed by atoms with van der Waals surface area (Å²) in [7, 11) is 0. The summed E-state index contributed by atoms with van der Waals surface area (Å²) < 4.78 is 0. The number of para-hydroxylation sites is 1. The molecule has 0 fully saturated rings. The van der Waals surface area contributed by atoms with Crippen LogP contribution in [0, 0.1) is 5.92 Å². The predicted molar refractivity (Wildman–Crippen MR) is 62.8 cm³/mol. The van der Waals surface area contributed by atoms with Crippen LogP contribution in [0.5, 0.6) is 0 Å². The molecule has 1 aromatic carbocycles. The van der Waals surface area contributed by atoms with Gasteiger partial charge in [-0.25, -0.2) is 0 Å². The van der Waals surface area contributed by atoms with Crippen LogP contribution < -0.4 is 5.73 Å². The monoisotopic (exact) mass is 210 g/mol. The van der Waals surface area contributed by atoms with Gasteiger partial charge in [0.25, 0.3) is 0 Å². The van der Waals surface area contributed by atoms with E-state index in [1.165, 1.54) is 0 Å². The molecule has 0 aromatic heterocycles. The summed E-state index contributed by atoms with van der Waals surface area (Å²) in [4.78, 5) is 16.6. The largest absolute Gasteiger partial charge is 0.399 e. The fourth-order valence-electron chi connectivity index (χ4n) is 2.02. The quantitative estimate of drug-likeness (QED) is 0.711. The number of hydrogen-bond acceptors (Lipinski definition) is 3. The van der Waals surface area contributed by atoms with Gasteiger partial charge in [-0.15, -0.1) is 0 Å². The molecule has 0 amide bonds. The third-order valence-electron chi connectivity index (χ3n) is 2.83. The zero-order valence-corrected chi connectivity index (χ0v) is 8.55. The highest BCUT2D eigenvalue weighted by atomic mass is 16.1. The number of aliphatic imine (C=N–C) groups is 1. The number of ketones is 1. The van der Waals surface area contributed by atoms with Crippen molar-refractivity contribution in [2.45, 2.75) is 0 Å². The van der Waals surface area contributed by atoms with E-state index in [9.17, 15) is 4.79 Å². The average Bonchev–Trinajstić information content (AvgIpc) is 2.31.